The first kappa shape index (κ1) is 10.2. The van der Waals surface area contributed by atoms with Crippen LogP contribution in [0.25, 0.3) is 0 Å². The van der Waals surface area contributed by atoms with Gasteiger partial charge in [0.25, 0.3) is 0 Å². The van der Waals surface area contributed by atoms with E-state index in [0.717, 1.165) is 6.42 Å². The highest BCUT2D eigenvalue weighted by molar-refractivity contribution is 5.35. The van der Waals surface area contributed by atoms with Crippen molar-refractivity contribution in [2.45, 2.75) is 33.6 Å². The normalized spacial score (nSPS) is 15.0. The van der Waals surface area contributed by atoms with Crippen LogP contribution in [0.1, 0.15) is 33.6 Å². The molecule has 1 rings (SSSR count). The monoisotopic (exact) mass is 150 g/mol. The number of hydrogen-bond donors (Lipinski definition) is 0. The summed E-state index contributed by atoms with van der Waals surface area (Å²) in [6.07, 6.45) is 9.97. The van der Waals surface area contributed by atoms with Crippen LogP contribution in [0.3, 0.4) is 0 Å². The highest BCUT2D eigenvalue weighted by atomic mass is 14.1. The van der Waals surface area contributed by atoms with Gasteiger partial charge in [-0.1, -0.05) is 51.2 Å². The van der Waals surface area contributed by atoms with Crippen LogP contribution in [-0.2, 0) is 0 Å². The Morgan fingerprint density at radius 1 is 1.55 bits per heavy atom. The molecule has 1 aliphatic carbocycles. The van der Waals surface area contributed by atoms with Crippen LogP contribution in [0.15, 0.2) is 36.0 Å². The van der Waals surface area contributed by atoms with E-state index >= 15 is 0 Å². The van der Waals surface area contributed by atoms with Gasteiger partial charge < -0.3 is 0 Å². The highest BCUT2D eigenvalue weighted by Gasteiger charge is 2.02. The first-order valence-electron chi connectivity index (χ1n) is 3.88. The predicted molar refractivity (Wildman–Crippen MR) is 52.6 cm³/mol. The largest absolute Gasteiger partial charge is 0.0988 e. The summed E-state index contributed by atoms with van der Waals surface area (Å²) in [7, 11) is 0. The summed E-state index contributed by atoms with van der Waals surface area (Å²) < 4.78 is 0. The quantitative estimate of drug-likeness (QED) is 0.573. The van der Waals surface area contributed by atoms with Crippen molar-refractivity contribution >= 4 is 0 Å². The molecule has 0 atom stereocenters. The third kappa shape index (κ3) is 2.75. The van der Waals surface area contributed by atoms with E-state index in [0.29, 0.717) is 0 Å². The summed E-state index contributed by atoms with van der Waals surface area (Å²) in [4.78, 5) is 0. The number of allylic oxidation sites excluding steroid dienone is 5. The molecular formula is C11H18. The van der Waals surface area contributed by atoms with E-state index in [1.807, 2.05) is 6.08 Å². The van der Waals surface area contributed by atoms with Gasteiger partial charge in [-0.3, -0.25) is 0 Å². The van der Waals surface area contributed by atoms with Crippen LogP contribution < -0.4 is 0 Å². The van der Waals surface area contributed by atoms with Crippen molar-refractivity contribution < 1.29 is 0 Å². The molecule has 0 radical (unpaired) electrons. The van der Waals surface area contributed by atoms with Gasteiger partial charge in [0.15, 0.2) is 0 Å². The summed E-state index contributed by atoms with van der Waals surface area (Å²) in [6.45, 7) is 5.95. The minimum atomic E-state index is 0. The third-order valence-electron chi connectivity index (χ3n) is 1.80. The van der Waals surface area contributed by atoms with E-state index in [1.54, 1.807) is 5.57 Å². The molecule has 0 nitrogen and oxygen atoms in total. The molecule has 0 aliphatic heterocycles. The van der Waals surface area contributed by atoms with Gasteiger partial charge >= 0.3 is 0 Å². The second-order valence-electron chi connectivity index (χ2n) is 2.70. The van der Waals surface area contributed by atoms with E-state index in [2.05, 4.69) is 25.7 Å². The van der Waals surface area contributed by atoms with Crippen LogP contribution in [-0.4, -0.2) is 0 Å². The SMILES string of the molecule is C.C=CC1=CC=C(CCC)C1. The smallest absolute Gasteiger partial charge is 0.00642 e. The standard InChI is InChI=1S/C10H14.CH4/c1-3-5-10-7-6-9(4-2)8-10;/h4,6-7H,2-3,5,8H2,1H3;1H4. The number of hydrogen-bond acceptors (Lipinski definition) is 0. The minimum absolute atomic E-state index is 0. The Bertz CT molecular complexity index is 182. The Labute approximate surface area is 70.3 Å². The molecule has 0 fully saturated rings. The van der Waals surface area contributed by atoms with Crippen molar-refractivity contribution in [1.82, 2.24) is 0 Å². The molecule has 1 aliphatic rings. The molecule has 0 aromatic heterocycles. The Kier molecular flexibility index (Phi) is 4.60. The molecule has 11 heavy (non-hydrogen) atoms. The lowest BCUT2D eigenvalue weighted by atomic mass is 10.1. The fourth-order valence-electron chi connectivity index (χ4n) is 1.24. The van der Waals surface area contributed by atoms with Gasteiger partial charge in [0.2, 0.25) is 0 Å². The minimum Gasteiger partial charge on any atom is -0.0988 e. The molecule has 0 saturated carbocycles. The fourth-order valence-corrected chi connectivity index (χ4v) is 1.24. The Hall–Kier alpha value is -0.780. The van der Waals surface area contributed by atoms with Gasteiger partial charge in [0.05, 0.1) is 0 Å². The van der Waals surface area contributed by atoms with E-state index in [-0.39, 0.29) is 7.43 Å². The van der Waals surface area contributed by atoms with Gasteiger partial charge in [-0.05, 0) is 18.4 Å². The van der Waals surface area contributed by atoms with Crippen molar-refractivity contribution in [1.29, 1.82) is 0 Å². The number of rotatable bonds is 3. The molecule has 0 N–H and O–H groups in total. The predicted octanol–water partition coefficient (Wildman–Crippen LogP) is 3.87. The van der Waals surface area contributed by atoms with Crippen molar-refractivity contribution in [3.05, 3.63) is 36.0 Å². The highest BCUT2D eigenvalue weighted by Crippen LogP contribution is 2.22. The second-order valence-corrected chi connectivity index (χ2v) is 2.70. The van der Waals surface area contributed by atoms with E-state index < -0.39 is 0 Å². The first-order valence-corrected chi connectivity index (χ1v) is 3.88. The lowest BCUT2D eigenvalue weighted by Crippen LogP contribution is -1.78. The van der Waals surface area contributed by atoms with Crippen LogP contribution in [0.4, 0.5) is 0 Å². The molecule has 0 spiro atoms. The molecule has 62 valence electrons. The van der Waals surface area contributed by atoms with E-state index in [1.165, 1.54) is 18.4 Å². The van der Waals surface area contributed by atoms with E-state index in [9.17, 15) is 0 Å². The molecule has 0 heteroatoms. The van der Waals surface area contributed by atoms with Crippen molar-refractivity contribution in [3.63, 3.8) is 0 Å². The maximum atomic E-state index is 3.74. The van der Waals surface area contributed by atoms with Gasteiger partial charge in [0.1, 0.15) is 0 Å². The maximum absolute atomic E-state index is 3.74. The summed E-state index contributed by atoms with van der Waals surface area (Å²) in [5, 5.41) is 0. The Balaban J connectivity index is 0.000001000. The van der Waals surface area contributed by atoms with Crippen LogP contribution >= 0.6 is 0 Å². The first-order chi connectivity index (χ1) is 4.86. The molecule has 0 aromatic carbocycles. The zero-order valence-electron chi connectivity index (χ0n) is 6.56. The van der Waals surface area contributed by atoms with Gasteiger partial charge in [-0.2, -0.15) is 0 Å². The summed E-state index contributed by atoms with van der Waals surface area (Å²) in [5.41, 5.74) is 2.92. The summed E-state index contributed by atoms with van der Waals surface area (Å²) in [5.74, 6) is 0. The van der Waals surface area contributed by atoms with Crippen molar-refractivity contribution in [3.8, 4) is 0 Å². The summed E-state index contributed by atoms with van der Waals surface area (Å²) in [6, 6.07) is 0. The Morgan fingerprint density at radius 3 is 2.73 bits per heavy atom. The lowest BCUT2D eigenvalue weighted by Gasteiger charge is -1.97. The Morgan fingerprint density at radius 2 is 2.27 bits per heavy atom. The third-order valence-corrected chi connectivity index (χ3v) is 1.80. The molecule has 0 aromatic rings. The van der Waals surface area contributed by atoms with Crippen LogP contribution in [0.5, 0.6) is 0 Å². The van der Waals surface area contributed by atoms with Crippen molar-refractivity contribution in [2.75, 3.05) is 0 Å². The lowest BCUT2D eigenvalue weighted by molar-refractivity contribution is 0.881. The average molecular weight is 150 g/mol. The van der Waals surface area contributed by atoms with Gasteiger partial charge in [-0.25, -0.2) is 0 Å². The van der Waals surface area contributed by atoms with Gasteiger partial charge in [-0.15, -0.1) is 0 Å². The maximum Gasteiger partial charge on any atom is -0.00642 e. The van der Waals surface area contributed by atoms with Gasteiger partial charge in [0, 0.05) is 0 Å². The molecule has 0 bridgehead atoms. The zero-order chi connectivity index (χ0) is 7.40. The molecule has 0 heterocycles. The zero-order valence-corrected chi connectivity index (χ0v) is 6.56. The fraction of sp³-hybridized carbons (Fsp3) is 0.455. The topological polar surface area (TPSA) is 0 Å². The molecule has 0 saturated heterocycles. The average Bonchev–Trinajstić information content (AvgIpc) is 2.37. The second kappa shape index (κ2) is 4.95. The van der Waals surface area contributed by atoms with E-state index in [4.69, 9.17) is 0 Å². The molecule has 0 amide bonds. The van der Waals surface area contributed by atoms with Crippen LogP contribution in [0, 0.1) is 0 Å². The molecular weight excluding hydrogens is 132 g/mol. The van der Waals surface area contributed by atoms with Crippen LogP contribution in [0.2, 0.25) is 0 Å². The molecule has 0 unspecified atom stereocenters. The summed E-state index contributed by atoms with van der Waals surface area (Å²) >= 11 is 0. The van der Waals surface area contributed by atoms with Crippen molar-refractivity contribution in [2.24, 2.45) is 0 Å².